The predicted molar refractivity (Wildman–Crippen MR) is 72.2 cm³/mol. The fourth-order valence-corrected chi connectivity index (χ4v) is 2.92. The van der Waals surface area contributed by atoms with Crippen molar-refractivity contribution in [3.05, 3.63) is 22.6 Å². The van der Waals surface area contributed by atoms with Gasteiger partial charge in [-0.05, 0) is 54.8 Å². The number of thioether (sulfide) groups is 1. The molecule has 0 amide bonds. The molecule has 1 rings (SSSR count). The minimum Gasteiger partial charge on any atom is -0.134 e. The van der Waals surface area contributed by atoms with Crippen LogP contribution in [0.15, 0.2) is 22.6 Å². The Morgan fingerprint density at radius 3 is 2.73 bits per heavy atom. The normalized spacial score (nSPS) is 21.3. The smallest absolute Gasteiger partial charge is 0.00286 e. The number of rotatable bonds is 4. The van der Waals surface area contributed by atoms with Crippen LogP contribution in [0.4, 0.5) is 0 Å². The highest BCUT2D eigenvalue weighted by atomic mass is 32.2. The van der Waals surface area contributed by atoms with Crippen molar-refractivity contribution in [1.29, 1.82) is 0 Å². The van der Waals surface area contributed by atoms with Gasteiger partial charge in [0.15, 0.2) is 0 Å². The summed E-state index contributed by atoms with van der Waals surface area (Å²) in [5, 5.41) is 2.29. The Hall–Kier alpha value is -0.170. The summed E-state index contributed by atoms with van der Waals surface area (Å²) in [6, 6.07) is 0. The molecule has 0 nitrogen and oxygen atoms in total. The Balaban J connectivity index is 2.67. The van der Waals surface area contributed by atoms with E-state index < -0.39 is 0 Å². The highest BCUT2D eigenvalue weighted by Gasteiger charge is 2.26. The highest BCUT2D eigenvalue weighted by Crippen LogP contribution is 2.40. The van der Waals surface area contributed by atoms with Crippen LogP contribution in [0.25, 0.3) is 0 Å². The molecule has 0 aromatic rings. The third-order valence-electron chi connectivity index (χ3n) is 3.20. The monoisotopic (exact) mass is 224 g/mol. The van der Waals surface area contributed by atoms with Crippen molar-refractivity contribution in [3.63, 3.8) is 0 Å². The van der Waals surface area contributed by atoms with Crippen LogP contribution in [0.3, 0.4) is 0 Å². The molecule has 0 fully saturated rings. The molecule has 0 aliphatic heterocycles. The molecule has 86 valence electrons. The Labute approximate surface area is 99.2 Å². The van der Waals surface area contributed by atoms with E-state index >= 15 is 0 Å². The third kappa shape index (κ3) is 3.71. The van der Waals surface area contributed by atoms with E-state index in [1.807, 2.05) is 11.8 Å². The first-order chi connectivity index (χ1) is 7.08. The molecule has 0 saturated carbocycles. The van der Waals surface area contributed by atoms with E-state index in [1.165, 1.54) is 31.4 Å². The van der Waals surface area contributed by atoms with Gasteiger partial charge in [-0.2, -0.15) is 0 Å². The summed E-state index contributed by atoms with van der Waals surface area (Å²) in [5.74, 6) is 1.24. The zero-order valence-corrected chi connectivity index (χ0v) is 11.4. The standard InChI is InChI=1S/C14H24S/c1-5-10-15-11-8-13-12(2)7-6-9-14(13,3)4/h8,11H,5-7,9-10H2,1-4H3. The second kappa shape index (κ2) is 5.79. The van der Waals surface area contributed by atoms with E-state index in [2.05, 4.69) is 39.2 Å². The number of hydrogen-bond acceptors (Lipinski definition) is 1. The zero-order chi connectivity index (χ0) is 11.3. The molecule has 0 unspecified atom stereocenters. The summed E-state index contributed by atoms with van der Waals surface area (Å²) >= 11 is 1.93. The maximum absolute atomic E-state index is 2.37. The van der Waals surface area contributed by atoms with Gasteiger partial charge < -0.3 is 0 Å². The molecule has 0 aromatic heterocycles. The molecule has 0 radical (unpaired) electrons. The first-order valence-corrected chi connectivity index (χ1v) is 7.11. The SMILES string of the molecule is CCCSC=CC1=C(C)CCCC1(C)C. The van der Waals surface area contributed by atoms with Crippen LogP contribution in [-0.4, -0.2) is 5.75 Å². The van der Waals surface area contributed by atoms with Gasteiger partial charge in [0.25, 0.3) is 0 Å². The topological polar surface area (TPSA) is 0 Å². The lowest BCUT2D eigenvalue weighted by atomic mass is 9.73. The van der Waals surface area contributed by atoms with Gasteiger partial charge in [-0.15, -0.1) is 11.8 Å². The number of allylic oxidation sites excluding steroid dienone is 3. The Bertz CT molecular complexity index is 259. The van der Waals surface area contributed by atoms with Crippen LogP contribution >= 0.6 is 11.8 Å². The quantitative estimate of drug-likeness (QED) is 0.594. The lowest BCUT2D eigenvalue weighted by Crippen LogP contribution is -2.18. The van der Waals surface area contributed by atoms with E-state index in [0.29, 0.717) is 5.41 Å². The second-order valence-corrected chi connectivity index (χ2v) is 6.12. The Morgan fingerprint density at radius 1 is 1.40 bits per heavy atom. The molecule has 0 bridgehead atoms. The van der Waals surface area contributed by atoms with Gasteiger partial charge >= 0.3 is 0 Å². The zero-order valence-electron chi connectivity index (χ0n) is 10.6. The average molecular weight is 224 g/mol. The van der Waals surface area contributed by atoms with Gasteiger partial charge in [-0.1, -0.05) is 32.4 Å². The minimum atomic E-state index is 0.394. The molecule has 1 heteroatoms. The van der Waals surface area contributed by atoms with Crippen molar-refractivity contribution in [2.45, 2.75) is 53.4 Å². The average Bonchev–Trinajstić information content (AvgIpc) is 2.15. The fraction of sp³-hybridized carbons (Fsp3) is 0.714. The summed E-state index contributed by atoms with van der Waals surface area (Å²) in [6.07, 6.45) is 7.60. The van der Waals surface area contributed by atoms with E-state index in [9.17, 15) is 0 Å². The summed E-state index contributed by atoms with van der Waals surface area (Å²) < 4.78 is 0. The Kier molecular flexibility index (Phi) is 4.98. The molecular weight excluding hydrogens is 200 g/mol. The molecule has 0 saturated heterocycles. The maximum atomic E-state index is 2.37. The van der Waals surface area contributed by atoms with Crippen molar-refractivity contribution >= 4 is 11.8 Å². The molecule has 1 aliphatic rings. The van der Waals surface area contributed by atoms with Crippen LogP contribution in [0.2, 0.25) is 0 Å². The lowest BCUT2D eigenvalue weighted by Gasteiger charge is -2.32. The minimum absolute atomic E-state index is 0.394. The van der Waals surface area contributed by atoms with E-state index in [-0.39, 0.29) is 0 Å². The highest BCUT2D eigenvalue weighted by molar-refractivity contribution is 8.02. The van der Waals surface area contributed by atoms with Gasteiger partial charge in [0, 0.05) is 0 Å². The molecule has 0 N–H and O–H groups in total. The van der Waals surface area contributed by atoms with Gasteiger partial charge in [-0.25, -0.2) is 0 Å². The van der Waals surface area contributed by atoms with E-state index in [4.69, 9.17) is 0 Å². The fourth-order valence-electron chi connectivity index (χ4n) is 2.31. The summed E-state index contributed by atoms with van der Waals surface area (Å²) in [5.41, 5.74) is 3.57. The summed E-state index contributed by atoms with van der Waals surface area (Å²) in [6.45, 7) is 9.28. The Morgan fingerprint density at radius 2 is 2.13 bits per heavy atom. The summed E-state index contributed by atoms with van der Waals surface area (Å²) in [7, 11) is 0. The van der Waals surface area contributed by atoms with Crippen molar-refractivity contribution < 1.29 is 0 Å². The van der Waals surface area contributed by atoms with Gasteiger partial charge in [-0.3, -0.25) is 0 Å². The molecular formula is C14H24S. The molecule has 0 atom stereocenters. The van der Waals surface area contributed by atoms with Crippen LogP contribution in [0.1, 0.15) is 53.4 Å². The molecule has 15 heavy (non-hydrogen) atoms. The summed E-state index contributed by atoms with van der Waals surface area (Å²) in [4.78, 5) is 0. The van der Waals surface area contributed by atoms with Gasteiger partial charge in [0.05, 0.1) is 0 Å². The van der Waals surface area contributed by atoms with Crippen LogP contribution in [0, 0.1) is 5.41 Å². The first kappa shape index (κ1) is 12.9. The van der Waals surface area contributed by atoms with Crippen LogP contribution < -0.4 is 0 Å². The van der Waals surface area contributed by atoms with Gasteiger partial charge in [0.2, 0.25) is 0 Å². The number of hydrogen-bond donors (Lipinski definition) is 0. The maximum Gasteiger partial charge on any atom is -0.00286 e. The van der Waals surface area contributed by atoms with Crippen molar-refractivity contribution in [2.24, 2.45) is 5.41 Å². The molecule has 1 aliphatic carbocycles. The van der Waals surface area contributed by atoms with Crippen LogP contribution in [-0.2, 0) is 0 Å². The molecule has 0 spiro atoms. The first-order valence-electron chi connectivity index (χ1n) is 6.06. The van der Waals surface area contributed by atoms with Gasteiger partial charge in [0.1, 0.15) is 0 Å². The molecule has 0 aromatic carbocycles. The van der Waals surface area contributed by atoms with E-state index in [0.717, 1.165) is 0 Å². The van der Waals surface area contributed by atoms with E-state index in [1.54, 1.807) is 11.1 Å². The van der Waals surface area contributed by atoms with Crippen molar-refractivity contribution in [3.8, 4) is 0 Å². The second-order valence-electron chi connectivity index (χ2n) is 5.10. The van der Waals surface area contributed by atoms with Crippen LogP contribution in [0.5, 0.6) is 0 Å². The largest absolute Gasteiger partial charge is 0.134 e. The van der Waals surface area contributed by atoms with Crippen molar-refractivity contribution in [2.75, 3.05) is 5.75 Å². The van der Waals surface area contributed by atoms with Crippen molar-refractivity contribution in [1.82, 2.24) is 0 Å². The third-order valence-corrected chi connectivity index (χ3v) is 4.17. The predicted octanol–water partition coefficient (Wildman–Crippen LogP) is 5.17. The lowest BCUT2D eigenvalue weighted by molar-refractivity contribution is 0.377. The molecule has 0 heterocycles.